The van der Waals surface area contributed by atoms with Crippen molar-refractivity contribution in [3.63, 3.8) is 0 Å². The molecular weight excluding hydrogens is 502 g/mol. The Bertz CT molecular complexity index is 1150. The first kappa shape index (κ1) is 23.9. The molecule has 0 aromatic heterocycles. The second-order valence-electron chi connectivity index (χ2n) is 7.69. The number of nitrogens with one attached hydrogen (secondary N) is 1. The summed E-state index contributed by atoms with van der Waals surface area (Å²) in [6.45, 7) is 0.709. The molecule has 4 rings (SSSR count). The lowest BCUT2D eigenvalue weighted by Crippen LogP contribution is -2.32. The zero-order valence-corrected chi connectivity index (χ0v) is 20.8. The molecule has 0 fully saturated rings. The fraction of sp³-hybridized carbons (Fsp3) is 0.269. The Kier molecular flexibility index (Phi) is 7.59. The largest absolute Gasteiger partial charge is 0.493 e. The van der Waals surface area contributed by atoms with Crippen molar-refractivity contribution < 1.29 is 28.5 Å². The monoisotopic (exact) mass is 527 g/mol. The lowest BCUT2D eigenvalue weighted by atomic mass is 9.86. The number of carbonyl (C=O) groups excluding carboxylic acids is 1. The van der Waals surface area contributed by atoms with E-state index in [2.05, 4.69) is 21.2 Å². The predicted octanol–water partition coefficient (Wildman–Crippen LogP) is 4.98. The molecule has 0 saturated carbocycles. The van der Waals surface area contributed by atoms with E-state index in [1.165, 1.54) is 7.11 Å². The van der Waals surface area contributed by atoms with Crippen LogP contribution in [0.15, 0.2) is 65.1 Å². The molecule has 34 heavy (non-hydrogen) atoms. The fourth-order valence-electron chi connectivity index (χ4n) is 4.04. The average molecular weight is 528 g/mol. The van der Waals surface area contributed by atoms with Gasteiger partial charge in [-0.2, -0.15) is 0 Å². The highest BCUT2D eigenvalue weighted by Crippen LogP contribution is 2.43. The van der Waals surface area contributed by atoms with Crippen molar-refractivity contribution in [2.75, 3.05) is 28.1 Å². The molecule has 1 N–H and O–H groups in total. The van der Waals surface area contributed by atoms with E-state index >= 15 is 0 Å². The second-order valence-corrected chi connectivity index (χ2v) is 8.54. The summed E-state index contributed by atoms with van der Waals surface area (Å²) >= 11 is 3.62. The molecule has 0 aliphatic carbocycles. The molecule has 0 bridgehead atoms. The number of hydrogen-bond donors (Lipinski definition) is 1. The van der Waals surface area contributed by atoms with Gasteiger partial charge in [0, 0.05) is 11.0 Å². The Morgan fingerprint density at radius 3 is 2.38 bits per heavy atom. The number of halogens is 1. The predicted molar refractivity (Wildman–Crippen MR) is 131 cm³/mol. The summed E-state index contributed by atoms with van der Waals surface area (Å²) in [7, 11) is 4.52. The van der Waals surface area contributed by atoms with E-state index in [0.717, 1.165) is 11.1 Å². The zero-order valence-electron chi connectivity index (χ0n) is 19.2. The molecule has 2 atom stereocenters. The van der Waals surface area contributed by atoms with Gasteiger partial charge in [-0.1, -0.05) is 52.3 Å². The van der Waals surface area contributed by atoms with E-state index in [4.69, 9.17) is 23.7 Å². The zero-order chi connectivity index (χ0) is 24.1. The summed E-state index contributed by atoms with van der Waals surface area (Å²) in [6, 6.07) is 18.8. The van der Waals surface area contributed by atoms with E-state index in [1.807, 2.05) is 48.5 Å². The van der Waals surface area contributed by atoms with Gasteiger partial charge in [-0.15, -0.1) is 0 Å². The van der Waals surface area contributed by atoms with Gasteiger partial charge in [0.15, 0.2) is 23.0 Å². The Balaban J connectivity index is 1.81. The van der Waals surface area contributed by atoms with Gasteiger partial charge >= 0.3 is 5.97 Å². The van der Waals surface area contributed by atoms with Crippen molar-refractivity contribution in [2.45, 2.75) is 18.5 Å². The van der Waals surface area contributed by atoms with Crippen LogP contribution in [0.1, 0.15) is 28.7 Å². The quantitative estimate of drug-likeness (QED) is 0.393. The first-order chi connectivity index (χ1) is 16.5. The summed E-state index contributed by atoms with van der Waals surface area (Å²) in [5, 5.41) is 3.56. The Hall–Kier alpha value is -3.23. The first-order valence-electron chi connectivity index (χ1n) is 10.7. The minimum atomic E-state index is -0.705. The SMILES string of the molecule is COC(=O)[C@@H](c1cc(OC)c(OC)cc1Br)[C@H](NCc1ccccc1)c1ccc2c(c1)OCO2. The van der Waals surface area contributed by atoms with E-state index in [-0.39, 0.29) is 6.79 Å². The molecular formula is C26H26BrNO6. The molecule has 0 radical (unpaired) electrons. The van der Waals surface area contributed by atoms with Crippen molar-refractivity contribution in [2.24, 2.45) is 0 Å². The topological polar surface area (TPSA) is 75.3 Å². The summed E-state index contributed by atoms with van der Waals surface area (Å²) in [5.74, 6) is 1.28. The summed E-state index contributed by atoms with van der Waals surface area (Å²) < 4.78 is 28.0. The summed E-state index contributed by atoms with van der Waals surface area (Å²) in [4.78, 5) is 13.3. The molecule has 7 nitrogen and oxygen atoms in total. The first-order valence-corrected chi connectivity index (χ1v) is 11.5. The molecule has 1 aliphatic rings. The van der Waals surface area contributed by atoms with E-state index in [1.54, 1.807) is 26.4 Å². The lowest BCUT2D eigenvalue weighted by molar-refractivity contribution is -0.143. The van der Waals surface area contributed by atoms with Crippen molar-refractivity contribution in [3.8, 4) is 23.0 Å². The van der Waals surface area contributed by atoms with Gasteiger partial charge in [0.05, 0.1) is 27.4 Å². The molecule has 1 heterocycles. The minimum Gasteiger partial charge on any atom is -0.493 e. The minimum absolute atomic E-state index is 0.169. The van der Waals surface area contributed by atoms with Gasteiger partial charge in [0.1, 0.15) is 5.92 Å². The molecule has 8 heteroatoms. The highest BCUT2D eigenvalue weighted by atomic mass is 79.9. The number of methoxy groups -OCH3 is 3. The number of ether oxygens (including phenoxy) is 5. The highest BCUT2D eigenvalue weighted by Gasteiger charge is 2.35. The maximum atomic E-state index is 13.3. The van der Waals surface area contributed by atoms with Gasteiger partial charge in [-0.05, 0) is 41.0 Å². The molecule has 3 aromatic carbocycles. The van der Waals surface area contributed by atoms with Crippen molar-refractivity contribution in [3.05, 3.63) is 81.8 Å². The normalized spacial score (nSPS) is 13.8. The van der Waals surface area contributed by atoms with Crippen LogP contribution < -0.4 is 24.3 Å². The number of rotatable bonds is 9. The summed E-state index contributed by atoms with van der Waals surface area (Å²) in [6.07, 6.45) is 0. The van der Waals surface area contributed by atoms with Crippen LogP contribution in [-0.4, -0.2) is 34.1 Å². The van der Waals surface area contributed by atoms with Crippen LogP contribution in [0.5, 0.6) is 23.0 Å². The van der Waals surface area contributed by atoms with Crippen LogP contribution in [0.25, 0.3) is 0 Å². The van der Waals surface area contributed by atoms with Crippen LogP contribution in [-0.2, 0) is 16.1 Å². The standard InChI is InChI=1S/C26H26BrNO6/c1-30-21-12-18(19(27)13-22(21)31-2)24(26(29)32-3)25(28-14-16-7-5-4-6-8-16)17-9-10-20-23(11-17)34-15-33-20/h4-13,24-25,28H,14-15H2,1-3H3/t24-,25+/m0/s1. The Morgan fingerprint density at radius 2 is 1.68 bits per heavy atom. The highest BCUT2D eigenvalue weighted by molar-refractivity contribution is 9.10. The van der Waals surface area contributed by atoms with E-state index in [0.29, 0.717) is 39.6 Å². The van der Waals surface area contributed by atoms with Gasteiger partial charge in [0.2, 0.25) is 6.79 Å². The van der Waals surface area contributed by atoms with Crippen LogP contribution in [0, 0.1) is 0 Å². The maximum absolute atomic E-state index is 13.3. The third kappa shape index (κ3) is 4.98. The molecule has 0 amide bonds. The number of carbonyl (C=O) groups is 1. The van der Waals surface area contributed by atoms with Gasteiger partial charge in [0.25, 0.3) is 0 Å². The average Bonchev–Trinajstić information content (AvgIpc) is 3.35. The third-order valence-corrected chi connectivity index (χ3v) is 6.44. The molecule has 0 unspecified atom stereocenters. The summed E-state index contributed by atoms with van der Waals surface area (Å²) in [5.41, 5.74) is 2.65. The van der Waals surface area contributed by atoms with Gasteiger partial charge in [-0.25, -0.2) is 0 Å². The molecule has 3 aromatic rings. The van der Waals surface area contributed by atoms with Crippen LogP contribution in [0.3, 0.4) is 0 Å². The smallest absolute Gasteiger partial charge is 0.315 e. The molecule has 0 spiro atoms. The number of fused-ring (bicyclic) bond motifs is 1. The Morgan fingerprint density at radius 1 is 0.971 bits per heavy atom. The molecule has 178 valence electrons. The molecule has 1 aliphatic heterocycles. The maximum Gasteiger partial charge on any atom is 0.315 e. The van der Waals surface area contributed by atoms with Gasteiger partial charge < -0.3 is 29.0 Å². The van der Waals surface area contributed by atoms with Crippen molar-refractivity contribution in [1.29, 1.82) is 0 Å². The van der Waals surface area contributed by atoms with Crippen LogP contribution in [0.4, 0.5) is 0 Å². The molecule has 0 saturated heterocycles. The lowest BCUT2D eigenvalue weighted by Gasteiger charge is -2.29. The fourth-order valence-corrected chi connectivity index (χ4v) is 4.61. The van der Waals surface area contributed by atoms with Crippen molar-refractivity contribution >= 4 is 21.9 Å². The van der Waals surface area contributed by atoms with Gasteiger partial charge in [-0.3, -0.25) is 4.79 Å². The number of esters is 1. The van der Waals surface area contributed by atoms with Crippen LogP contribution >= 0.6 is 15.9 Å². The second kappa shape index (κ2) is 10.8. The van der Waals surface area contributed by atoms with E-state index < -0.39 is 17.9 Å². The van der Waals surface area contributed by atoms with Crippen LogP contribution in [0.2, 0.25) is 0 Å². The van der Waals surface area contributed by atoms with Crippen molar-refractivity contribution in [1.82, 2.24) is 5.32 Å². The van der Waals surface area contributed by atoms with E-state index in [9.17, 15) is 4.79 Å². The Labute approximate surface area is 207 Å². The number of hydrogen-bond acceptors (Lipinski definition) is 7. The third-order valence-electron chi connectivity index (χ3n) is 5.75. The number of benzene rings is 3.